The minimum Gasteiger partial charge on any atom is -0.390 e. The molecule has 112 valence electrons. The van der Waals surface area contributed by atoms with Gasteiger partial charge in [-0.1, -0.05) is 42.5 Å². The molecule has 0 saturated carbocycles. The summed E-state index contributed by atoms with van der Waals surface area (Å²) in [6.07, 6.45) is -0.124. The second-order valence-electron chi connectivity index (χ2n) is 5.52. The van der Waals surface area contributed by atoms with Crippen molar-refractivity contribution in [3.63, 3.8) is 0 Å². The van der Waals surface area contributed by atoms with Gasteiger partial charge < -0.3 is 10.4 Å². The molecule has 0 aliphatic heterocycles. The van der Waals surface area contributed by atoms with Crippen LogP contribution in [-0.4, -0.2) is 22.9 Å². The fourth-order valence-corrected chi connectivity index (χ4v) is 2.95. The Hall–Kier alpha value is -2.46. The highest BCUT2D eigenvalue weighted by Crippen LogP contribution is 2.31. The smallest absolute Gasteiger partial charge is 0.252 e. The Morgan fingerprint density at radius 1 is 1.05 bits per heavy atom. The van der Waals surface area contributed by atoms with E-state index < -0.39 is 12.1 Å². The Bertz CT molecular complexity index is 739. The van der Waals surface area contributed by atoms with Gasteiger partial charge in [-0.2, -0.15) is 0 Å². The van der Waals surface area contributed by atoms with E-state index in [1.165, 1.54) is 6.92 Å². The minimum atomic E-state index is -0.647. The summed E-state index contributed by atoms with van der Waals surface area (Å²) in [5, 5.41) is 13.1. The molecule has 2 atom stereocenters. The standard InChI is InChI=1S/C18H17NO3/c1-11(20)13-7-4-5-9-15(13)18(22)19-17-14-8-3-2-6-12(14)10-16(17)21/h2-9,16-17,21H,10H2,1H3,(H,19,22)/t16-,17+/m1/s1. The molecule has 1 amide bonds. The van der Waals surface area contributed by atoms with E-state index in [0.29, 0.717) is 17.5 Å². The molecule has 2 N–H and O–H groups in total. The van der Waals surface area contributed by atoms with Crippen molar-refractivity contribution >= 4 is 11.7 Å². The Morgan fingerprint density at radius 2 is 1.68 bits per heavy atom. The molecule has 1 aliphatic rings. The van der Waals surface area contributed by atoms with Crippen molar-refractivity contribution in [2.45, 2.75) is 25.5 Å². The zero-order valence-electron chi connectivity index (χ0n) is 12.2. The lowest BCUT2D eigenvalue weighted by atomic mass is 10.0. The number of benzene rings is 2. The van der Waals surface area contributed by atoms with Crippen LogP contribution < -0.4 is 5.32 Å². The number of hydrogen-bond donors (Lipinski definition) is 2. The average Bonchev–Trinajstić information content (AvgIpc) is 2.83. The third-order valence-corrected chi connectivity index (χ3v) is 4.04. The van der Waals surface area contributed by atoms with E-state index in [-0.39, 0.29) is 11.7 Å². The van der Waals surface area contributed by atoms with Crippen LogP contribution in [0.25, 0.3) is 0 Å². The molecule has 2 aromatic carbocycles. The first kappa shape index (κ1) is 14.5. The number of carbonyl (C=O) groups is 2. The summed E-state index contributed by atoms with van der Waals surface area (Å²) < 4.78 is 0. The molecule has 0 spiro atoms. The van der Waals surface area contributed by atoms with Gasteiger partial charge in [-0.3, -0.25) is 9.59 Å². The number of fused-ring (bicyclic) bond motifs is 1. The zero-order chi connectivity index (χ0) is 15.7. The largest absolute Gasteiger partial charge is 0.390 e. The van der Waals surface area contributed by atoms with E-state index >= 15 is 0 Å². The van der Waals surface area contributed by atoms with Crippen LogP contribution in [0.3, 0.4) is 0 Å². The van der Waals surface area contributed by atoms with E-state index in [4.69, 9.17) is 0 Å². The van der Waals surface area contributed by atoms with Crippen molar-refractivity contribution in [1.29, 1.82) is 0 Å². The Kier molecular flexibility index (Phi) is 3.77. The van der Waals surface area contributed by atoms with Crippen LogP contribution in [0, 0.1) is 0 Å². The van der Waals surface area contributed by atoms with Crippen molar-refractivity contribution in [1.82, 2.24) is 5.32 Å². The van der Waals surface area contributed by atoms with Gasteiger partial charge in [-0.05, 0) is 24.1 Å². The van der Waals surface area contributed by atoms with Crippen molar-refractivity contribution in [2.75, 3.05) is 0 Å². The molecule has 0 bridgehead atoms. The lowest BCUT2D eigenvalue weighted by molar-refractivity contribution is 0.0852. The first-order chi connectivity index (χ1) is 10.6. The van der Waals surface area contributed by atoms with Gasteiger partial charge in [0.1, 0.15) is 0 Å². The summed E-state index contributed by atoms with van der Waals surface area (Å²) in [6, 6.07) is 13.9. The maximum absolute atomic E-state index is 12.5. The van der Waals surface area contributed by atoms with Crippen LogP contribution in [-0.2, 0) is 6.42 Å². The molecule has 0 heterocycles. The van der Waals surface area contributed by atoms with Crippen LogP contribution in [0.15, 0.2) is 48.5 Å². The molecule has 4 nitrogen and oxygen atoms in total. The summed E-state index contributed by atoms with van der Waals surface area (Å²) in [5.74, 6) is -0.496. The number of aliphatic hydroxyl groups excluding tert-OH is 1. The summed E-state index contributed by atoms with van der Waals surface area (Å²) in [4.78, 5) is 24.1. The van der Waals surface area contributed by atoms with Gasteiger partial charge in [0.05, 0.1) is 17.7 Å². The maximum atomic E-state index is 12.5. The molecule has 1 aliphatic carbocycles. The number of aliphatic hydroxyl groups is 1. The van der Waals surface area contributed by atoms with Gasteiger partial charge in [0.25, 0.3) is 5.91 Å². The first-order valence-corrected chi connectivity index (χ1v) is 7.24. The summed E-state index contributed by atoms with van der Waals surface area (Å²) in [7, 11) is 0. The topological polar surface area (TPSA) is 66.4 Å². The van der Waals surface area contributed by atoms with Gasteiger partial charge in [0.15, 0.2) is 5.78 Å². The predicted molar refractivity (Wildman–Crippen MR) is 82.8 cm³/mol. The number of rotatable bonds is 3. The molecule has 3 rings (SSSR count). The van der Waals surface area contributed by atoms with Crippen LogP contribution in [0.2, 0.25) is 0 Å². The number of Topliss-reactive ketones (excluding diaryl/α,β-unsaturated/α-hetero) is 1. The van der Waals surface area contributed by atoms with Gasteiger partial charge in [0.2, 0.25) is 0 Å². The van der Waals surface area contributed by atoms with Crippen molar-refractivity contribution in [3.8, 4) is 0 Å². The quantitative estimate of drug-likeness (QED) is 0.854. The molecule has 0 radical (unpaired) electrons. The van der Waals surface area contributed by atoms with E-state index in [9.17, 15) is 14.7 Å². The van der Waals surface area contributed by atoms with Gasteiger partial charge >= 0.3 is 0 Å². The summed E-state index contributed by atoms with van der Waals surface area (Å²) in [6.45, 7) is 1.44. The number of nitrogens with one attached hydrogen (secondary N) is 1. The van der Waals surface area contributed by atoms with Gasteiger partial charge in [-0.15, -0.1) is 0 Å². The predicted octanol–water partition coefficient (Wildman–Crippen LogP) is 2.28. The third kappa shape index (κ3) is 2.53. The summed E-state index contributed by atoms with van der Waals surface area (Å²) >= 11 is 0. The van der Waals surface area contributed by atoms with Gasteiger partial charge in [-0.25, -0.2) is 0 Å². The van der Waals surface area contributed by atoms with Gasteiger partial charge in [0, 0.05) is 12.0 Å². The molecule has 0 unspecified atom stereocenters. The molecule has 22 heavy (non-hydrogen) atoms. The normalized spacial score (nSPS) is 19.5. The van der Waals surface area contributed by atoms with Crippen molar-refractivity contribution < 1.29 is 14.7 Å². The highest BCUT2D eigenvalue weighted by Gasteiger charge is 2.32. The van der Waals surface area contributed by atoms with E-state index in [1.807, 2.05) is 24.3 Å². The van der Waals surface area contributed by atoms with Crippen LogP contribution in [0.1, 0.15) is 44.8 Å². The first-order valence-electron chi connectivity index (χ1n) is 7.24. The van der Waals surface area contributed by atoms with E-state index in [1.54, 1.807) is 24.3 Å². The van der Waals surface area contributed by atoms with E-state index in [0.717, 1.165) is 11.1 Å². The average molecular weight is 295 g/mol. The number of ketones is 1. The lowest BCUT2D eigenvalue weighted by Gasteiger charge is -2.18. The highest BCUT2D eigenvalue weighted by molar-refractivity contribution is 6.07. The molecular formula is C18H17NO3. The fourth-order valence-electron chi connectivity index (χ4n) is 2.95. The SMILES string of the molecule is CC(=O)c1ccccc1C(=O)N[C@H]1c2ccccc2C[C@H]1O. The zero-order valence-corrected chi connectivity index (χ0v) is 12.2. The number of hydrogen-bond acceptors (Lipinski definition) is 3. The number of carbonyl (C=O) groups excluding carboxylic acids is 2. The maximum Gasteiger partial charge on any atom is 0.252 e. The Morgan fingerprint density at radius 3 is 2.41 bits per heavy atom. The third-order valence-electron chi connectivity index (χ3n) is 4.04. The molecule has 2 aromatic rings. The van der Waals surface area contributed by atoms with Crippen LogP contribution in [0.4, 0.5) is 0 Å². The minimum absolute atomic E-state index is 0.155. The van der Waals surface area contributed by atoms with Crippen molar-refractivity contribution in [2.24, 2.45) is 0 Å². The van der Waals surface area contributed by atoms with E-state index in [2.05, 4.69) is 5.32 Å². The highest BCUT2D eigenvalue weighted by atomic mass is 16.3. The van der Waals surface area contributed by atoms with Crippen LogP contribution in [0.5, 0.6) is 0 Å². The molecular weight excluding hydrogens is 278 g/mol. The fraction of sp³-hybridized carbons (Fsp3) is 0.222. The molecule has 0 fully saturated rings. The monoisotopic (exact) mass is 295 g/mol. The Balaban J connectivity index is 1.88. The lowest BCUT2D eigenvalue weighted by Crippen LogP contribution is -2.34. The van der Waals surface area contributed by atoms with Crippen molar-refractivity contribution in [3.05, 3.63) is 70.8 Å². The van der Waals surface area contributed by atoms with Crippen LogP contribution >= 0.6 is 0 Å². The second-order valence-corrected chi connectivity index (χ2v) is 5.52. The number of amides is 1. The second kappa shape index (κ2) is 5.73. The molecule has 0 saturated heterocycles. The molecule has 4 heteroatoms. The Labute approximate surface area is 128 Å². The summed E-state index contributed by atoms with van der Waals surface area (Å²) in [5.41, 5.74) is 2.70. The molecule has 0 aromatic heterocycles.